The number of hydrogen-bond acceptors (Lipinski definition) is 4. The highest BCUT2D eigenvalue weighted by Crippen LogP contribution is 2.37. The molecule has 0 bridgehead atoms. The van der Waals surface area contributed by atoms with Crippen LogP contribution in [0.15, 0.2) is 18.2 Å². The van der Waals surface area contributed by atoms with Crippen molar-refractivity contribution in [3.05, 3.63) is 29.3 Å². The first-order valence-corrected chi connectivity index (χ1v) is 7.15. The molecule has 2 rings (SSSR count). The molecule has 1 aliphatic rings. The van der Waals surface area contributed by atoms with E-state index in [2.05, 4.69) is 5.32 Å². The van der Waals surface area contributed by atoms with Crippen LogP contribution >= 0.6 is 0 Å². The number of anilines is 1. The number of benzene rings is 1. The van der Waals surface area contributed by atoms with Crippen molar-refractivity contribution >= 4 is 11.7 Å². The molecule has 0 radical (unpaired) electrons. The Balaban J connectivity index is 2.39. The van der Waals surface area contributed by atoms with Gasteiger partial charge in [-0.25, -0.2) is 4.79 Å². The maximum Gasteiger partial charge on any atom is 0.416 e. The normalized spacial score (nSPS) is 24.4. The third-order valence-corrected chi connectivity index (χ3v) is 4.06. The van der Waals surface area contributed by atoms with E-state index in [-0.39, 0.29) is 13.0 Å². The molecule has 1 aromatic rings. The van der Waals surface area contributed by atoms with Crippen LogP contribution in [0.3, 0.4) is 0 Å². The third-order valence-electron chi connectivity index (χ3n) is 4.06. The number of halogens is 3. The molecule has 0 saturated heterocycles. The minimum absolute atomic E-state index is 0.179. The molecule has 0 spiro atoms. The lowest BCUT2D eigenvalue weighted by Gasteiger charge is -2.42. The number of carbonyl (C=O) groups is 1. The monoisotopic (exact) mass is 316 g/mol. The van der Waals surface area contributed by atoms with Crippen molar-refractivity contribution in [3.8, 4) is 0 Å². The number of fused-ring (bicyclic) bond motifs is 1. The molecule has 22 heavy (non-hydrogen) atoms. The molecule has 1 aromatic carbocycles. The Morgan fingerprint density at radius 1 is 1.45 bits per heavy atom. The predicted octanol–water partition coefficient (Wildman–Crippen LogP) is 2.71. The highest BCUT2D eigenvalue weighted by molar-refractivity contribution is 5.87. The van der Waals surface area contributed by atoms with Gasteiger partial charge < -0.3 is 15.8 Å². The Kier molecular flexibility index (Phi) is 4.37. The second kappa shape index (κ2) is 5.79. The van der Waals surface area contributed by atoms with Crippen LogP contribution in [0, 0.1) is 0 Å². The van der Waals surface area contributed by atoms with Crippen LogP contribution in [-0.2, 0) is 22.1 Å². The number of hydrogen-bond donors (Lipinski definition) is 2. The van der Waals surface area contributed by atoms with Crippen LogP contribution in [0.2, 0.25) is 0 Å². The van der Waals surface area contributed by atoms with Crippen molar-refractivity contribution in [3.63, 3.8) is 0 Å². The van der Waals surface area contributed by atoms with Crippen LogP contribution in [0.4, 0.5) is 18.9 Å². The summed E-state index contributed by atoms with van der Waals surface area (Å²) in [6.45, 7) is 3.70. The first kappa shape index (κ1) is 16.6. The molecule has 0 aliphatic carbocycles. The van der Waals surface area contributed by atoms with Gasteiger partial charge in [-0.2, -0.15) is 13.2 Å². The van der Waals surface area contributed by atoms with Gasteiger partial charge in [0.25, 0.3) is 0 Å². The van der Waals surface area contributed by atoms with Gasteiger partial charge >= 0.3 is 12.1 Å². The molecule has 0 fully saturated rings. The van der Waals surface area contributed by atoms with Gasteiger partial charge in [-0.05, 0) is 43.5 Å². The van der Waals surface area contributed by atoms with E-state index in [4.69, 9.17) is 10.5 Å². The Hall–Kier alpha value is -1.76. The summed E-state index contributed by atoms with van der Waals surface area (Å²) < 4.78 is 43.4. The molecule has 1 heterocycles. The minimum Gasteiger partial charge on any atom is -0.464 e. The third kappa shape index (κ3) is 2.77. The van der Waals surface area contributed by atoms with Crippen molar-refractivity contribution in [2.75, 3.05) is 11.9 Å². The molecular formula is C15H19F3N2O2. The Morgan fingerprint density at radius 2 is 2.14 bits per heavy atom. The molecule has 0 aromatic heterocycles. The lowest BCUT2D eigenvalue weighted by Crippen LogP contribution is -2.62. The maximum absolute atomic E-state index is 12.8. The van der Waals surface area contributed by atoms with E-state index in [1.54, 1.807) is 13.8 Å². The molecule has 1 aliphatic heterocycles. The average molecular weight is 316 g/mol. The maximum atomic E-state index is 12.8. The van der Waals surface area contributed by atoms with Crippen LogP contribution in [0.25, 0.3) is 0 Å². The molecule has 0 saturated carbocycles. The summed E-state index contributed by atoms with van der Waals surface area (Å²) in [6.07, 6.45) is -3.84. The van der Waals surface area contributed by atoms with E-state index in [0.717, 1.165) is 12.1 Å². The molecular weight excluding hydrogens is 297 g/mol. The molecule has 3 N–H and O–H groups in total. The van der Waals surface area contributed by atoms with Gasteiger partial charge in [-0.1, -0.05) is 6.92 Å². The summed E-state index contributed by atoms with van der Waals surface area (Å²) in [4.78, 5) is 12.3. The Labute approximate surface area is 126 Å². The minimum atomic E-state index is -4.40. The molecule has 0 amide bonds. The predicted molar refractivity (Wildman–Crippen MR) is 76.4 cm³/mol. The van der Waals surface area contributed by atoms with Crippen molar-refractivity contribution in [2.24, 2.45) is 5.73 Å². The largest absolute Gasteiger partial charge is 0.464 e. The summed E-state index contributed by atoms with van der Waals surface area (Å²) in [5.74, 6) is -0.476. The first-order valence-electron chi connectivity index (χ1n) is 7.15. The Morgan fingerprint density at radius 3 is 2.68 bits per heavy atom. The quantitative estimate of drug-likeness (QED) is 0.842. The van der Waals surface area contributed by atoms with E-state index >= 15 is 0 Å². The van der Waals surface area contributed by atoms with E-state index in [1.807, 2.05) is 0 Å². The molecule has 4 nitrogen and oxygen atoms in total. The topological polar surface area (TPSA) is 64.3 Å². The zero-order valence-corrected chi connectivity index (χ0v) is 12.5. The van der Waals surface area contributed by atoms with Crippen molar-refractivity contribution in [1.82, 2.24) is 0 Å². The van der Waals surface area contributed by atoms with Gasteiger partial charge in [-0.3, -0.25) is 0 Å². The van der Waals surface area contributed by atoms with Gasteiger partial charge in [0.1, 0.15) is 0 Å². The average Bonchev–Trinajstić information content (AvgIpc) is 2.45. The van der Waals surface area contributed by atoms with Crippen molar-refractivity contribution in [1.29, 1.82) is 0 Å². The van der Waals surface area contributed by atoms with Gasteiger partial charge in [0.05, 0.1) is 12.2 Å². The number of nitrogens with two attached hydrogens (primary N) is 1. The van der Waals surface area contributed by atoms with Crippen LogP contribution in [0.1, 0.15) is 31.4 Å². The summed E-state index contributed by atoms with van der Waals surface area (Å²) >= 11 is 0. The van der Waals surface area contributed by atoms with Gasteiger partial charge in [0, 0.05) is 11.7 Å². The second-order valence-corrected chi connectivity index (χ2v) is 5.35. The lowest BCUT2D eigenvalue weighted by atomic mass is 9.79. The van der Waals surface area contributed by atoms with Crippen molar-refractivity contribution in [2.45, 2.75) is 44.4 Å². The number of nitrogens with one attached hydrogen (secondary N) is 1. The number of carbonyl (C=O) groups excluding carboxylic acids is 1. The van der Waals surface area contributed by atoms with Crippen molar-refractivity contribution < 1.29 is 22.7 Å². The van der Waals surface area contributed by atoms with E-state index < -0.39 is 29.3 Å². The second-order valence-electron chi connectivity index (χ2n) is 5.35. The number of esters is 1. The van der Waals surface area contributed by atoms with Crippen LogP contribution < -0.4 is 11.1 Å². The first-order chi connectivity index (χ1) is 10.2. The highest BCUT2D eigenvalue weighted by atomic mass is 19.4. The molecule has 2 atom stereocenters. The van der Waals surface area contributed by atoms with E-state index in [9.17, 15) is 18.0 Å². The SMILES string of the molecule is CCOC(=O)C1(CC)Nc2ccc(C(F)(F)F)cc2CC1N. The fourth-order valence-electron chi connectivity index (χ4n) is 2.76. The summed E-state index contributed by atoms with van der Waals surface area (Å²) in [6, 6.07) is 2.75. The van der Waals surface area contributed by atoms with Gasteiger partial charge in [0.15, 0.2) is 5.54 Å². The lowest BCUT2D eigenvalue weighted by molar-refractivity contribution is -0.149. The molecule has 122 valence electrons. The number of ether oxygens (including phenoxy) is 1. The smallest absolute Gasteiger partial charge is 0.416 e. The summed E-state index contributed by atoms with van der Waals surface area (Å²) in [5.41, 5.74) is 5.20. The highest BCUT2D eigenvalue weighted by Gasteiger charge is 2.47. The standard InChI is InChI=1S/C15H19F3N2O2/c1-3-14(13(21)22-4-2)12(19)8-9-7-10(15(16,17)18)5-6-11(9)20-14/h5-7,12,20H,3-4,8,19H2,1-2H3. The van der Waals surface area contributed by atoms with Gasteiger partial charge in [-0.15, -0.1) is 0 Å². The Bertz CT molecular complexity index is 574. The van der Waals surface area contributed by atoms with E-state index in [1.165, 1.54) is 6.07 Å². The summed E-state index contributed by atoms with van der Waals surface area (Å²) in [7, 11) is 0. The molecule has 2 unspecified atom stereocenters. The van der Waals surface area contributed by atoms with E-state index in [0.29, 0.717) is 17.7 Å². The number of alkyl halides is 3. The number of rotatable bonds is 3. The van der Waals surface area contributed by atoms with Crippen LogP contribution in [-0.4, -0.2) is 24.2 Å². The zero-order chi connectivity index (χ0) is 16.5. The fourth-order valence-corrected chi connectivity index (χ4v) is 2.76. The zero-order valence-electron chi connectivity index (χ0n) is 12.5. The fraction of sp³-hybridized carbons (Fsp3) is 0.533. The summed E-state index contributed by atoms with van der Waals surface area (Å²) in [5, 5.41) is 3.01. The molecule has 7 heteroatoms. The van der Waals surface area contributed by atoms with Crippen LogP contribution in [0.5, 0.6) is 0 Å². The van der Waals surface area contributed by atoms with Gasteiger partial charge in [0.2, 0.25) is 0 Å².